The van der Waals surface area contributed by atoms with E-state index in [0.29, 0.717) is 18.1 Å². The summed E-state index contributed by atoms with van der Waals surface area (Å²) in [5.74, 6) is 0.813. The first-order valence-electron chi connectivity index (χ1n) is 5.77. The molecule has 0 spiro atoms. The Morgan fingerprint density at radius 2 is 2.06 bits per heavy atom. The van der Waals surface area contributed by atoms with Crippen LogP contribution in [0, 0.1) is 0 Å². The summed E-state index contributed by atoms with van der Waals surface area (Å²) in [6.07, 6.45) is 0.191. The molecule has 0 unspecified atom stereocenters. The topological polar surface area (TPSA) is 65.0 Å². The van der Waals surface area contributed by atoms with Gasteiger partial charge in [0.2, 0.25) is 0 Å². The molecule has 0 atom stereocenters. The van der Waals surface area contributed by atoms with Crippen molar-refractivity contribution in [2.45, 2.75) is 13.3 Å². The number of rotatable bonds is 7. The number of esters is 1. The van der Waals surface area contributed by atoms with Crippen LogP contribution >= 0.6 is 0 Å². The fraction of sp³-hybridized carbons (Fsp3) is 0.462. The smallest absolute Gasteiger partial charge is 0.309 e. The summed E-state index contributed by atoms with van der Waals surface area (Å²) in [5.41, 5.74) is 0.793. The highest BCUT2D eigenvalue weighted by atomic mass is 16.5. The molecular formula is C13H18O5. The molecule has 1 aromatic rings. The van der Waals surface area contributed by atoms with Crippen molar-refractivity contribution >= 4 is 5.97 Å². The van der Waals surface area contributed by atoms with Gasteiger partial charge in [-0.05, 0) is 24.6 Å². The molecule has 1 N–H and O–H groups in total. The van der Waals surface area contributed by atoms with Gasteiger partial charge in [-0.3, -0.25) is 4.79 Å². The van der Waals surface area contributed by atoms with Gasteiger partial charge in [-0.15, -0.1) is 0 Å². The Labute approximate surface area is 106 Å². The van der Waals surface area contributed by atoms with Crippen LogP contribution in [0.25, 0.3) is 0 Å². The lowest BCUT2D eigenvalue weighted by Gasteiger charge is -2.12. The highest BCUT2D eigenvalue weighted by molar-refractivity contribution is 5.72. The molecule has 5 nitrogen and oxygen atoms in total. The van der Waals surface area contributed by atoms with Gasteiger partial charge in [0.1, 0.15) is 6.61 Å². The quantitative estimate of drug-likeness (QED) is 0.740. The molecule has 1 aromatic carbocycles. The first-order valence-corrected chi connectivity index (χ1v) is 5.77. The summed E-state index contributed by atoms with van der Waals surface area (Å²) in [7, 11) is 1.35. The summed E-state index contributed by atoms with van der Waals surface area (Å²) in [5, 5.41) is 8.73. The third kappa shape index (κ3) is 4.25. The molecule has 0 aliphatic rings. The van der Waals surface area contributed by atoms with Crippen LogP contribution in [-0.4, -0.2) is 38.0 Å². The predicted molar refractivity (Wildman–Crippen MR) is 65.9 cm³/mol. The van der Waals surface area contributed by atoms with E-state index in [0.717, 1.165) is 5.56 Å². The number of aliphatic hydroxyl groups is 1. The molecule has 18 heavy (non-hydrogen) atoms. The number of hydrogen-bond donors (Lipinski definition) is 1. The molecule has 1 rings (SSSR count). The number of aliphatic hydroxyl groups excluding tert-OH is 1. The van der Waals surface area contributed by atoms with Crippen LogP contribution in [0.4, 0.5) is 0 Å². The Balaban J connectivity index is 2.84. The predicted octanol–water partition coefficient (Wildman–Crippen LogP) is 1.17. The second kappa shape index (κ2) is 7.55. The third-order valence-corrected chi connectivity index (χ3v) is 2.23. The van der Waals surface area contributed by atoms with E-state index in [1.165, 1.54) is 7.11 Å². The molecule has 5 heteroatoms. The molecule has 0 aliphatic carbocycles. The minimum absolute atomic E-state index is 0.0600. The van der Waals surface area contributed by atoms with Crippen molar-refractivity contribution in [2.75, 3.05) is 26.9 Å². The third-order valence-electron chi connectivity index (χ3n) is 2.23. The average molecular weight is 254 g/mol. The van der Waals surface area contributed by atoms with Gasteiger partial charge in [0.25, 0.3) is 0 Å². The Bertz CT molecular complexity index is 389. The van der Waals surface area contributed by atoms with Gasteiger partial charge in [-0.25, -0.2) is 0 Å². The zero-order valence-corrected chi connectivity index (χ0v) is 10.6. The monoisotopic (exact) mass is 254 g/mol. The van der Waals surface area contributed by atoms with Crippen molar-refractivity contribution in [2.24, 2.45) is 0 Å². The summed E-state index contributed by atoms with van der Waals surface area (Å²) < 4.78 is 15.4. The van der Waals surface area contributed by atoms with E-state index in [1.54, 1.807) is 18.2 Å². The summed E-state index contributed by atoms with van der Waals surface area (Å²) >= 11 is 0. The highest BCUT2D eigenvalue weighted by Crippen LogP contribution is 2.28. The first kappa shape index (κ1) is 14.3. The van der Waals surface area contributed by atoms with Crippen molar-refractivity contribution in [3.05, 3.63) is 23.8 Å². The van der Waals surface area contributed by atoms with Crippen LogP contribution in [0.2, 0.25) is 0 Å². The zero-order chi connectivity index (χ0) is 13.4. The average Bonchev–Trinajstić information content (AvgIpc) is 2.38. The van der Waals surface area contributed by atoms with Crippen LogP contribution in [0.15, 0.2) is 18.2 Å². The number of benzene rings is 1. The molecule has 0 radical (unpaired) electrons. The summed E-state index contributed by atoms with van der Waals surface area (Å²) in [6.45, 7) is 2.51. The van der Waals surface area contributed by atoms with E-state index in [4.69, 9.17) is 14.6 Å². The van der Waals surface area contributed by atoms with Gasteiger partial charge in [-0.1, -0.05) is 6.07 Å². The molecule has 0 heterocycles. The van der Waals surface area contributed by atoms with Crippen LogP contribution in [-0.2, 0) is 16.0 Å². The number of carbonyl (C=O) groups is 1. The minimum atomic E-state index is -0.304. The maximum absolute atomic E-state index is 11.2. The Morgan fingerprint density at radius 3 is 2.67 bits per heavy atom. The molecule has 0 saturated heterocycles. The van der Waals surface area contributed by atoms with Crippen molar-refractivity contribution < 1.29 is 24.1 Å². The lowest BCUT2D eigenvalue weighted by molar-refractivity contribution is -0.139. The number of ether oxygens (including phenoxy) is 3. The van der Waals surface area contributed by atoms with Crippen LogP contribution in [0.3, 0.4) is 0 Å². The first-order chi connectivity index (χ1) is 8.71. The van der Waals surface area contributed by atoms with E-state index >= 15 is 0 Å². The second-order valence-corrected chi connectivity index (χ2v) is 3.54. The normalized spacial score (nSPS) is 9.94. The van der Waals surface area contributed by atoms with Gasteiger partial charge in [0, 0.05) is 0 Å². The Kier molecular flexibility index (Phi) is 6.00. The van der Waals surface area contributed by atoms with E-state index in [-0.39, 0.29) is 25.6 Å². The van der Waals surface area contributed by atoms with Crippen LogP contribution < -0.4 is 9.47 Å². The fourth-order valence-electron chi connectivity index (χ4n) is 1.44. The zero-order valence-electron chi connectivity index (χ0n) is 10.6. The van der Waals surface area contributed by atoms with Gasteiger partial charge < -0.3 is 19.3 Å². The van der Waals surface area contributed by atoms with E-state index in [9.17, 15) is 4.79 Å². The van der Waals surface area contributed by atoms with Gasteiger partial charge in [0.15, 0.2) is 11.5 Å². The van der Waals surface area contributed by atoms with E-state index in [1.807, 2.05) is 6.92 Å². The van der Waals surface area contributed by atoms with E-state index in [2.05, 4.69) is 4.74 Å². The standard InChI is InChI=1S/C13H18O5/c1-3-17-12-8-10(9-13(15)16-2)4-5-11(12)18-7-6-14/h4-5,8,14H,3,6-7,9H2,1-2H3. The lowest BCUT2D eigenvalue weighted by atomic mass is 10.1. The van der Waals surface area contributed by atoms with Gasteiger partial charge in [0.05, 0.1) is 26.7 Å². The number of methoxy groups -OCH3 is 1. The van der Waals surface area contributed by atoms with Crippen LogP contribution in [0.5, 0.6) is 11.5 Å². The van der Waals surface area contributed by atoms with E-state index < -0.39 is 0 Å². The Morgan fingerprint density at radius 1 is 1.28 bits per heavy atom. The molecule has 0 amide bonds. The van der Waals surface area contributed by atoms with Gasteiger partial charge in [-0.2, -0.15) is 0 Å². The van der Waals surface area contributed by atoms with Gasteiger partial charge >= 0.3 is 5.97 Å². The Hall–Kier alpha value is -1.75. The molecule has 0 saturated carbocycles. The number of carbonyl (C=O) groups excluding carboxylic acids is 1. The van der Waals surface area contributed by atoms with Crippen molar-refractivity contribution in [1.82, 2.24) is 0 Å². The van der Waals surface area contributed by atoms with Crippen LogP contribution in [0.1, 0.15) is 12.5 Å². The minimum Gasteiger partial charge on any atom is -0.490 e. The van der Waals surface area contributed by atoms with Crippen molar-refractivity contribution in [1.29, 1.82) is 0 Å². The molecule has 100 valence electrons. The molecule has 0 fully saturated rings. The summed E-state index contributed by atoms with van der Waals surface area (Å²) in [4.78, 5) is 11.2. The van der Waals surface area contributed by atoms with Crippen molar-refractivity contribution in [3.8, 4) is 11.5 Å². The second-order valence-electron chi connectivity index (χ2n) is 3.54. The van der Waals surface area contributed by atoms with Crippen molar-refractivity contribution in [3.63, 3.8) is 0 Å². The maximum atomic E-state index is 11.2. The molecule has 0 aliphatic heterocycles. The summed E-state index contributed by atoms with van der Waals surface area (Å²) in [6, 6.07) is 5.23. The largest absolute Gasteiger partial charge is 0.490 e. The SMILES string of the molecule is CCOc1cc(CC(=O)OC)ccc1OCCO. The maximum Gasteiger partial charge on any atom is 0.309 e. The highest BCUT2D eigenvalue weighted by Gasteiger charge is 2.09. The lowest BCUT2D eigenvalue weighted by Crippen LogP contribution is -2.07. The molecule has 0 aromatic heterocycles. The molecule has 0 bridgehead atoms. The fourth-order valence-corrected chi connectivity index (χ4v) is 1.44. The number of hydrogen-bond acceptors (Lipinski definition) is 5. The molecular weight excluding hydrogens is 236 g/mol.